The normalized spacial score (nSPS) is 13.7. The second-order valence-electron chi connectivity index (χ2n) is 8.34. The molecule has 0 saturated carbocycles. The van der Waals surface area contributed by atoms with Gasteiger partial charge in [0.05, 0.1) is 0 Å². The van der Waals surface area contributed by atoms with Gasteiger partial charge in [-0.05, 0) is 43.0 Å². The molecule has 1 aliphatic heterocycles. The highest BCUT2D eigenvalue weighted by molar-refractivity contribution is 5.80. The van der Waals surface area contributed by atoms with E-state index in [0.29, 0.717) is 6.54 Å². The highest BCUT2D eigenvalue weighted by Gasteiger charge is 2.19. The molecule has 0 spiro atoms. The van der Waals surface area contributed by atoms with Gasteiger partial charge in [-0.2, -0.15) is 0 Å². The monoisotopic (exact) mass is 431 g/mol. The number of nitrogens with one attached hydrogen (secondary N) is 1. The molecule has 0 saturated heterocycles. The summed E-state index contributed by atoms with van der Waals surface area (Å²) in [5.41, 5.74) is 4.06. The minimum atomic E-state index is 0.516. The molecule has 3 aromatic rings. The van der Waals surface area contributed by atoms with Crippen LogP contribution in [-0.2, 0) is 26.6 Å². The highest BCUT2D eigenvalue weighted by atomic mass is 15.3. The summed E-state index contributed by atoms with van der Waals surface area (Å²) in [4.78, 5) is 9.58. The minimum Gasteiger partial charge on any atom is -0.375 e. The third kappa shape index (κ3) is 5.28. The average molecular weight is 432 g/mol. The predicted octanol–water partition coefficient (Wildman–Crippen LogP) is 3.15. The molecule has 1 N–H and O–H groups in total. The Morgan fingerprint density at radius 1 is 1.06 bits per heavy atom. The fourth-order valence-electron chi connectivity index (χ4n) is 4.01. The number of guanidine groups is 1. The van der Waals surface area contributed by atoms with E-state index in [9.17, 15) is 0 Å². The second-order valence-corrected chi connectivity index (χ2v) is 8.34. The number of aryl methyl sites for hydroxylation is 1. The maximum atomic E-state index is 4.93. The summed E-state index contributed by atoms with van der Waals surface area (Å²) >= 11 is 0. The van der Waals surface area contributed by atoms with Crippen molar-refractivity contribution >= 4 is 11.6 Å². The largest absolute Gasteiger partial charge is 0.375 e. The Bertz CT molecular complexity index is 1040. The van der Waals surface area contributed by atoms with Gasteiger partial charge in [-0.25, -0.2) is 4.99 Å². The first-order valence-electron chi connectivity index (χ1n) is 11.3. The summed E-state index contributed by atoms with van der Waals surface area (Å²) in [5.74, 6) is 2.73. The highest BCUT2D eigenvalue weighted by Crippen LogP contribution is 2.19. The Morgan fingerprint density at radius 3 is 2.56 bits per heavy atom. The van der Waals surface area contributed by atoms with Crippen LogP contribution < -0.4 is 10.2 Å². The lowest BCUT2D eigenvalue weighted by Gasteiger charge is -2.32. The summed E-state index contributed by atoms with van der Waals surface area (Å²) in [7, 11) is 4.13. The van der Waals surface area contributed by atoms with E-state index in [-0.39, 0.29) is 0 Å². The van der Waals surface area contributed by atoms with Crippen molar-refractivity contribution in [2.75, 3.05) is 31.6 Å². The van der Waals surface area contributed by atoms with Crippen molar-refractivity contribution in [2.24, 2.45) is 12.0 Å². The van der Waals surface area contributed by atoms with Gasteiger partial charge in [0.2, 0.25) is 0 Å². The van der Waals surface area contributed by atoms with Crippen LogP contribution in [0.5, 0.6) is 0 Å². The molecule has 0 bridgehead atoms. The van der Waals surface area contributed by atoms with Crippen molar-refractivity contribution in [3.05, 3.63) is 77.4 Å². The second kappa shape index (κ2) is 10.3. The minimum absolute atomic E-state index is 0.516. The Hall–Kier alpha value is -3.35. The molecule has 0 radical (unpaired) electrons. The first-order valence-corrected chi connectivity index (χ1v) is 11.3. The zero-order valence-electron chi connectivity index (χ0n) is 19.3. The molecule has 1 aromatic heterocycles. The molecule has 4 rings (SSSR count). The van der Waals surface area contributed by atoms with E-state index in [1.54, 1.807) is 0 Å². The van der Waals surface area contributed by atoms with Crippen LogP contribution >= 0.6 is 0 Å². The molecular weight excluding hydrogens is 398 g/mol. The molecule has 0 atom stereocenters. The number of fused-ring (bicyclic) bond motifs is 1. The van der Waals surface area contributed by atoms with Crippen molar-refractivity contribution in [3.63, 3.8) is 0 Å². The van der Waals surface area contributed by atoms with E-state index in [1.807, 2.05) is 18.5 Å². The molecule has 1 aliphatic rings. The van der Waals surface area contributed by atoms with E-state index in [1.165, 1.54) is 16.8 Å². The van der Waals surface area contributed by atoms with Gasteiger partial charge < -0.3 is 19.7 Å². The van der Waals surface area contributed by atoms with Gasteiger partial charge in [-0.1, -0.05) is 42.5 Å². The summed E-state index contributed by atoms with van der Waals surface area (Å²) in [6.45, 7) is 6.17. The zero-order valence-corrected chi connectivity index (χ0v) is 19.3. The molecule has 32 heavy (non-hydrogen) atoms. The number of para-hydroxylation sites is 1. The molecule has 7 heteroatoms. The predicted molar refractivity (Wildman–Crippen MR) is 130 cm³/mol. The number of rotatable bonds is 7. The Labute approximate surface area is 190 Å². The molecule has 0 amide bonds. The number of aromatic nitrogens is 3. The SMILES string of the molecule is Cc1nnc(CN=C(NCCCN(C)c2ccccc2)N2CCc3ccccc3C2)n1C. The third-order valence-electron chi connectivity index (χ3n) is 6.13. The van der Waals surface area contributed by atoms with Crippen LogP contribution in [0.2, 0.25) is 0 Å². The van der Waals surface area contributed by atoms with Crippen molar-refractivity contribution in [2.45, 2.75) is 32.9 Å². The van der Waals surface area contributed by atoms with Crippen molar-refractivity contribution in [1.29, 1.82) is 0 Å². The molecule has 7 nitrogen and oxygen atoms in total. The fourth-order valence-corrected chi connectivity index (χ4v) is 4.01. The van der Waals surface area contributed by atoms with Gasteiger partial charge in [0, 0.05) is 46.0 Å². The topological polar surface area (TPSA) is 61.6 Å². The van der Waals surface area contributed by atoms with Crippen molar-refractivity contribution in [1.82, 2.24) is 25.0 Å². The van der Waals surface area contributed by atoms with Gasteiger partial charge in [0.15, 0.2) is 11.8 Å². The number of benzene rings is 2. The van der Waals surface area contributed by atoms with E-state index in [0.717, 1.165) is 56.6 Å². The van der Waals surface area contributed by atoms with Gasteiger partial charge in [0.25, 0.3) is 0 Å². The van der Waals surface area contributed by atoms with Crippen LogP contribution in [0.25, 0.3) is 0 Å². The lowest BCUT2D eigenvalue weighted by molar-refractivity contribution is 0.377. The number of aliphatic imine (C=N–C) groups is 1. The van der Waals surface area contributed by atoms with Crippen LogP contribution in [0.3, 0.4) is 0 Å². The van der Waals surface area contributed by atoms with Crippen molar-refractivity contribution in [3.8, 4) is 0 Å². The third-order valence-corrected chi connectivity index (χ3v) is 6.13. The lowest BCUT2D eigenvalue weighted by atomic mass is 10.0. The average Bonchev–Trinajstić information content (AvgIpc) is 3.16. The molecule has 2 aromatic carbocycles. The molecule has 168 valence electrons. The maximum absolute atomic E-state index is 4.93. The Morgan fingerprint density at radius 2 is 1.81 bits per heavy atom. The fraction of sp³-hybridized carbons (Fsp3) is 0.400. The van der Waals surface area contributed by atoms with E-state index < -0.39 is 0 Å². The van der Waals surface area contributed by atoms with Gasteiger partial charge in [0.1, 0.15) is 12.4 Å². The first kappa shape index (κ1) is 21.9. The zero-order chi connectivity index (χ0) is 22.3. The van der Waals surface area contributed by atoms with Crippen molar-refractivity contribution < 1.29 is 0 Å². The summed E-state index contributed by atoms with van der Waals surface area (Å²) in [6.07, 6.45) is 2.06. The molecule has 2 heterocycles. The van der Waals surface area contributed by atoms with Crippen LogP contribution in [-0.4, -0.2) is 52.3 Å². The number of hydrogen-bond acceptors (Lipinski definition) is 4. The molecule has 0 unspecified atom stereocenters. The summed E-state index contributed by atoms with van der Waals surface area (Å²) < 4.78 is 2.00. The van der Waals surface area contributed by atoms with E-state index >= 15 is 0 Å². The first-order chi connectivity index (χ1) is 15.6. The van der Waals surface area contributed by atoms with Crippen LogP contribution in [0.1, 0.15) is 29.2 Å². The van der Waals surface area contributed by atoms with Gasteiger partial charge in [-0.3, -0.25) is 0 Å². The quantitative estimate of drug-likeness (QED) is 0.354. The molecular formula is C25H33N7. The Kier molecular flexibility index (Phi) is 7.04. The van der Waals surface area contributed by atoms with E-state index in [2.05, 4.69) is 87.0 Å². The number of hydrogen-bond donors (Lipinski definition) is 1. The Balaban J connectivity index is 1.40. The van der Waals surface area contributed by atoms with E-state index in [4.69, 9.17) is 4.99 Å². The molecule has 0 fully saturated rings. The van der Waals surface area contributed by atoms with Crippen LogP contribution in [0.15, 0.2) is 59.6 Å². The number of anilines is 1. The summed E-state index contributed by atoms with van der Waals surface area (Å²) in [6, 6.07) is 19.2. The van der Waals surface area contributed by atoms with Gasteiger partial charge >= 0.3 is 0 Å². The smallest absolute Gasteiger partial charge is 0.194 e. The lowest BCUT2D eigenvalue weighted by Crippen LogP contribution is -2.44. The van der Waals surface area contributed by atoms with Crippen LogP contribution in [0, 0.1) is 6.92 Å². The van der Waals surface area contributed by atoms with Crippen LogP contribution in [0.4, 0.5) is 5.69 Å². The maximum Gasteiger partial charge on any atom is 0.194 e. The summed E-state index contributed by atoms with van der Waals surface area (Å²) in [5, 5.41) is 12.1. The molecule has 0 aliphatic carbocycles. The van der Waals surface area contributed by atoms with Gasteiger partial charge in [-0.15, -0.1) is 10.2 Å². The number of nitrogens with zero attached hydrogens (tertiary/aromatic N) is 6. The standard InChI is InChI=1S/C25H33N7/c1-20-28-29-24(31(20)3)18-27-25(32-17-14-21-10-7-8-11-22(21)19-32)26-15-9-16-30(2)23-12-5-4-6-13-23/h4-8,10-13H,9,14-19H2,1-3H3,(H,26,27).